The number of hydrogen-bond acceptors (Lipinski definition) is 20. The van der Waals surface area contributed by atoms with E-state index < -0.39 is 187 Å². The van der Waals surface area contributed by atoms with Crippen LogP contribution in [0.1, 0.15) is 164 Å². The van der Waals surface area contributed by atoms with Gasteiger partial charge in [-0.25, -0.2) is 4.79 Å². The van der Waals surface area contributed by atoms with Gasteiger partial charge in [0.05, 0.1) is 19.1 Å². The summed E-state index contributed by atoms with van der Waals surface area (Å²) in [6.07, 6.45) is 0.271. The summed E-state index contributed by atoms with van der Waals surface area (Å²) in [5.74, 6) is -16.3. The Bertz CT molecular complexity index is 2400. The van der Waals surface area contributed by atoms with E-state index in [0.29, 0.717) is 32.1 Å². The third kappa shape index (κ3) is 34.1. The number of aliphatic carboxylic acids is 3. The van der Waals surface area contributed by atoms with Crippen LogP contribution in [0, 0.1) is 17.8 Å². The molecule has 26 N–H and O–H groups in total. The Morgan fingerprint density at radius 2 is 0.717 bits per heavy atom. The molecule has 12 atom stereocenters. The van der Waals surface area contributed by atoms with Gasteiger partial charge < -0.3 is 108 Å². The summed E-state index contributed by atoms with van der Waals surface area (Å²) in [5, 5.41) is 63.1. The molecular formula is C58H106N16O18. The molecule has 92 heavy (non-hydrogen) atoms. The molecule has 0 aliphatic rings. The minimum Gasteiger partial charge on any atom is -0.481 e. The Morgan fingerprint density at radius 3 is 1.08 bits per heavy atom. The molecule has 0 saturated heterocycles. The number of carbonyl (C=O) groups is 14. The van der Waals surface area contributed by atoms with Gasteiger partial charge in [0.2, 0.25) is 65.0 Å². The number of aliphatic hydroxyl groups excluding tert-OH is 1. The van der Waals surface area contributed by atoms with Crippen LogP contribution < -0.4 is 87.6 Å². The molecule has 34 nitrogen and oxygen atoms in total. The molecule has 0 aromatic carbocycles. The van der Waals surface area contributed by atoms with E-state index >= 15 is 0 Å². The molecule has 0 radical (unpaired) electrons. The Balaban J connectivity index is 7.10. The number of amides is 11. The number of rotatable bonds is 51. The number of primary amides is 1. The third-order valence-electron chi connectivity index (χ3n) is 14.8. The molecule has 11 amide bonds. The zero-order valence-electron chi connectivity index (χ0n) is 54.0. The highest BCUT2D eigenvalue weighted by Gasteiger charge is 2.38. The van der Waals surface area contributed by atoms with Crippen molar-refractivity contribution in [3.8, 4) is 0 Å². The molecule has 0 aromatic heterocycles. The van der Waals surface area contributed by atoms with Gasteiger partial charge in [-0.1, -0.05) is 48.0 Å². The maximum atomic E-state index is 14.5. The highest BCUT2D eigenvalue weighted by molar-refractivity contribution is 5.99. The van der Waals surface area contributed by atoms with Gasteiger partial charge in [-0.3, -0.25) is 62.3 Å². The Kier molecular flexibility index (Phi) is 42.5. The number of unbranched alkanes of at least 4 members (excludes halogenated alkanes) is 4. The molecule has 0 aliphatic carbocycles. The quantitative estimate of drug-likeness (QED) is 0.0254. The minimum absolute atomic E-state index is 0.0433. The van der Waals surface area contributed by atoms with Crippen LogP contribution in [0.4, 0.5) is 0 Å². The van der Waals surface area contributed by atoms with Crippen molar-refractivity contribution in [2.45, 2.75) is 230 Å². The summed E-state index contributed by atoms with van der Waals surface area (Å²) in [6.45, 7) is 9.66. The predicted octanol–water partition coefficient (Wildman–Crippen LogP) is -4.89. The molecule has 0 saturated carbocycles. The summed E-state index contributed by atoms with van der Waals surface area (Å²) < 4.78 is 0. The van der Waals surface area contributed by atoms with E-state index in [1.807, 2.05) is 5.32 Å². The molecular weight excluding hydrogens is 1210 g/mol. The van der Waals surface area contributed by atoms with E-state index in [0.717, 1.165) is 0 Å². The van der Waals surface area contributed by atoms with Crippen LogP contribution in [0.3, 0.4) is 0 Å². The van der Waals surface area contributed by atoms with Gasteiger partial charge in [-0.2, -0.15) is 0 Å². The van der Waals surface area contributed by atoms with Gasteiger partial charge in [-0.05, 0) is 140 Å². The number of nitrogens with one attached hydrogen (secondary N) is 10. The standard InChI is InChI=1S/C58H106N16O18/c1-7-33(6)47(57(90)71-41(29-45(79)80)55(88)72-42(30-75)58(91)92)74-53(86)38(19-11-15-27-62)67-54(87)40(28-31(2)3)70-50(83)35(16-8-12-24-59)66-51(84)39(21-23-44(77)78)68-49(82)36(17-9-13-25-60)69-56(89)46(32(4)5)73-52(85)37(18-10-14-26-61)65-48(81)34(63)20-22-43(64)76/h31-42,46-47,75H,7-30,59-63H2,1-6H3,(H2,64,76)(H,65,81)(H,66,84)(H,67,87)(H,68,82)(H,69,89)(H,70,83)(H,71,90)(H,72,88)(H,73,85)(H,74,86)(H,77,78)(H,79,80)(H,91,92)/t33-,34-,35-,36-,37-,38-,39-,40-,41-,42-,46-,47-/m0/s1. The van der Waals surface area contributed by atoms with Crippen LogP contribution in [0.2, 0.25) is 0 Å². The first-order chi connectivity index (χ1) is 43.3. The van der Waals surface area contributed by atoms with Crippen molar-refractivity contribution in [3.05, 3.63) is 0 Å². The Labute approximate surface area is 537 Å². The van der Waals surface area contributed by atoms with Crippen LogP contribution in [-0.2, 0) is 67.1 Å². The molecule has 0 spiro atoms. The highest BCUT2D eigenvalue weighted by Crippen LogP contribution is 2.15. The second-order valence-electron chi connectivity index (χ2n) is 23.5. The SMILES string of the molecule is CC[C@H](C)[C@H](NC(=O)[C@H](CCCCN)NC(=O)[C@H](CC(C)C)NC(=O)[C@H](CCCCN)NC(=O)[C@H](CCC(=O)O)NC(=O)[C@H](CCCCN)NC(=O)[C@@H](NC(=O)[C@H](CCCCN)NC(=O)[C@@H](N)CCC(N)=O)C(C)C)C(=O)N[C@@H](CC(=O)O)C(=O)N[C@@H](CO)C(=O)O. The lowest BCUT2D eigenvalue weighted by atomic mass is 9.96. The van der Waals surface area contributed by atoms with Crippen LogP contribution in [-0.4, -0.2) is 203 Å². The van der Waals surface area contributed by atoms with Crippen molar-refractivity contribution in [1.82, 2.24) is 53.2 Å². The number of nitrogens with two attached hydrogens (primary N) is 6. The molecule has 0 bridgehead atoms. The lowest BCUT2D eigenvalue weighted by Crippen LogP contribution is -2.61. The summed E-state index contributed by atoms with van der Waals surface area (Å²) in [4.78, 5) is 186. The Hall–Kier alpha value is -7.66. The summed E-state index contributed by atoms with van der Waals surface area (Å²) in [5.41, 5.74) is 34.1. The van der Waals surface area contributed by atoms with Gasteiger partial charge in [-0.15, -0.1) is 0 Å². The van der Waals surface area contributed by atoms with Gasteiger partial charge in [0, 0.05) is 12.8 Å². The second kappa shape index (κ2) is 46.4. The summed E-state index contributed by atoms with van der Waals surface area (Å²) >= 11 is 0. The maximum Gasteiger partial charge on any atom is 0.328 e. The summed E-state index contributed by atoms with van der Waals surface area (Å²) in [6, 6.07) is -16.3. The third-order valence-corrected chi connectivity index (χ3v) is 14.8. The average Bonchev–Trinajstić information content (AvgIpc) is 1.80. The lowest BCUT2D eigenvalue weighted by molar-refractivity contribution is -0.144. The number of hydrogen-bond donors (Lipinski definition) is 20. The number of carboxylic acids is 3. The molecule has 526 valence electrons. The maximum absolute atomic E-state index is 14.5. The van der Waals surface area contributed by atoms with Crippen LogP contribution >= 0.6 is 0 Å². The van der Waals surface area contributed by atoms with Crippen molar-refractivity contribution in [3.63, 3.8) is 0 Å². The molecule has 0 aliphatic heterocycles. The topological polar surface area (TPSA) is 596 Å². The fourth-order valence-electron chi connectivity index (χ4n) is 9.19. The number of carboxylic acid groups (broad SMARTS) is 3. The minimum atomic E-state index is -1.87. The molecule has 0 rings (SSSR count). The number of aliphatic hydroxyl groups is 1. The molecule has 34 heteroatoms. The first-order valence-electron chi connectivity index (χ1n) is 31.5. The van der Waals surface area contributed by atoms with Crippen LogP contribution in [0.25, 0.3) is 0 Å². The predicted molar refractivity (Wildman–Crippen MR) is 335 cm³/mol. The zero-order chi connectivity index (χ0) is 70.2. The van der Waals surface area contributed by atoms with Crippen molar-refractivity contribution in [2.75, 3.05) is 32.8 Å². The van der Waals surface area contributed by atoms with Gasteiger partial charge in [0.25, 0.3) is 0 Å². The lowest BCUT2D eigenvalue weighted by Gasteiger charge is -2.30. The first kappa shape index (κ1) is 84.3. The first-order valence-corrected chi connectivity index (χ1v) is 31.5. The van der Waals surface area contributed by atoms with Crippen LogP contribution in [0.15, 0.2) is 0 Å². The van der Waals surface area contributed by atoms with E-state index in [2.05, 4.69) is 47.9 Å². The van der Waals surface area contributed by atoms with E-state index in [9.17, 15) is 87.5 Å². The van der Waals surface area contributed by atoms with E-state index in [1.54, 1.807) is 41.5 Å². The fraction of sp³-hybridized carbons (Fsp3) is 0.759. The smallest absolute Gasteiger partial charge is 0.328 e. The van der Waals surface area contributed by atoms with E-state index in [1.165, 1.54) is 0 Å². The highest BCUT2D eigenvalue weighted by atomic mass is 16.4. The fourth-order valence-corrected chi connectivity index (χ4v) is 9.19. The normalized spacial score (nSPS) is 15.2. The number of carbonyl (C=O) groups excluding carboxylic acids is 11. The van der Waals surface area contributed by atoms with Gasteiger partial charge >= 0.3 is 17.9 Å². The van der Waals surface area contributed by atoms with E-state index in [4.69, 9.17) is 34.4 Å². The van der Waals surface area contributed by atoms with Crippen molar-refractivity contribution in [2.24, 2.45) is 52.2 Å². The van der Waals surface area contributed by atoms with Gasteiger partial charge in [0.15, 0.2) is 0 Å². The average molecular weight is 1320 g/mol. The van der Waals surface area contributed by atoms with Crippen molar-refractivity contribution in [1.29, 1.82) is 0 Å². The zero-order valence-corrected chi connectivity index (χ0v) is 54.0. The molecule has 0 fully saturated rings. The van der Waals surface area contributed by atoms with Crippen molar-refractivity contribution < 1.29 is 87.5 Å². The molecule has 0 heterocycles. The largest absolute Gasteiger partial charge is 0.481 e. The molecule has 0 aromatic rings. The van der Waals surface area contributed by atoms with Gasteiger partial charge in [0.1, 0.15) is 60.4 Å². The Morgan fingerprint density at radius 1 is 0.380 bits per heavy atom. The van der Waals surface area contributed by atoms with E-state index in [-0.39, 0.29) is 103 Å². The van der Waals surface area contributed by atoms with Crippen molar-refractivity contribution >= 4 is 82.9 Å². The van der Waals surface area contributed by atoms with Crippen LogP contribution in [0.5, 0.6) is 0 Å². The monoisotopic (exact) mass is 1310 g/mol. The second-order valence-corrected chi connectivity index (χ2v) is 23.5. The molecule has 0 unspecified atom stereocenters. The summed E-state index contributed by atoms with van der Waals surface area (Å²) in [7, 11) is 0.